The summed E-state index contributed by atoms with van der Waals surface area (Å²) in [6, 6.07) is 7.22. The molecule has 0 bridgehead atoms. The van der Waals surface area contributed by atoms with Gasteiger partial charge < -0.3 is 0 Å². The lowest BCUT2D eigenvalue weighted by molar-refractivity contribution is -0.0378. The molecular formula is C16H16F3N3. The first-order valence-electron chi connectivity index (χ1n) is 7.53. The maximum atomic E-state index is 14.2. The third-order valence-corrected chi connectivity index (χ3v) is 4.60. The minimum atomic E-state index is -3.05. The summed E-state index contributed by atoms with van der Waals surface area (Å²) in [5.41, 5.74) is 1.91. The van der Waals surface area contributed by atoms with E-state index in [1.165, 1.54) is 4.68 Å². The number of nitrogens with zero attached hydrogens (tertiary/aromatic N) is 3. The van der Waals surface area contributed by atoms with Gasteiger partial charge in [0.25, 0.3) is 0 Å². The summed E-state index contributed by atoms with van der Waals surface area (Å²) >= 11 is 0. The molecule has 0 N–H and O–H groups in total. The van der Waals surface area contributed by atoms with Gasteiger partial charge >= 0.3 is 5.92 Å². The molecule has 1 fully saturated rings. The van der Waals surface area contributed by atoms with E-state index in [-0.39, 0.29) is 18.3 Å². The first-order valence-corrected chi connectivity index (χ1v) is 7.53. The molecule has 2 aliphatic rings. The Morgan fingerprint density at radius 2 is 1.95 bits per heavy atom. The quantitative estimate of drug-likeness (QED) is 0.855. The fraction of sp³-hybridized carbons (Fsp3) is 0.500. The number of halogens is 3. The molecule has 0 spiro atoms. The van der Waals surface area contributed by atoms with E-state index in [2.05, 4.69) is 10.1 Å². The Morgan fingerprint density at radius 3 is 2.64 bits per heavy atom. The van der Waals surface area contributed by atoms with Crippen LogP contribution in [0.5, 0.6) is 0 Å². The first kappa shape index (κ1) is 13.8. The lowest BCUT2D eigenvalue weighted by Crippen LogP contribution is -2.19. The highest BCUT2D eigenvalue weighted by atomic mass is 19.3. The molecule has 2 atom stereocenters. The van der Waals surface area contributed by atoms with Crippen LogP contribution < -0.4 is 0 Å². The zero-order valence-corrected chi connectivity index (χ0v) is 12.1. The molecule has 6 heteroatoms. The van der Waals surface area contributed by atoms with Crippen LogP contribution in [0.25, 0.3) is 0 Å². The van der Waals surface area contributed by atoms with Crippen molar-refractivity contribution in [1.29, 1.82) is 0 Å². The van der Waals surface area contributed by atoms with E-state index in [9.17, 15) is 13.2 Å². The van der Waals surface area contributed by atoms with E-state index < -0.39 is 23.8 Å². The number of hydrogen-bond donors (Lipinski definition) is 0. The SMILES string of the molecule is Cc1ccccc1[C@@H]1C[C@H](F)c2nc(C(F)(F)C3CC3)nn21. The highest BCUT2D eigenvalue weighted by Gasteiger charge is 2.52. The molecule has 116 valence electrons. The van der Waals surface area contributed by atoms with Gasteiger partial charge in [-0.1, -0.05) is 24.3 Å². The molecule has 0 unspecified atom stereocenters. The second kappa shape index (κ2) is 4.57. The average Bonchev–Trinajstić information content (AvgIpc) is 3.17. The lowest BCUT2D eigenvalue weighted by Gasteiger charge is -2.15. The van der Waals surface area contributed by atoms with Gasteiger partial charge in [0.1, 0.15) is 0 Å². The standard InChI is InChI=1S/C16H16F3N3/c1-9-4-2-3-5-11(9)13-8-12(17)14-20-15(21-22(13)14)16(18,19)10-6-7-10/h2-5,10,12-13H,6-8H2,1H3/t12-,13-/m0/s1. The third-order valence-electron chi connectivity index (χ3n) is 4.60. The largest absolute Gasteiger partial charge is 0.311 e. The van der Waals surface area contributed by atoms with E-state index in [0.717, 1.165) is 11.1 Å². The fourth-order valence-corrected chi connectivity index (χ4v) is 3.17. The van der Waals surface area contributed by atoms with Crippen molar-refractivity contribution in [2.24, 2.45) is 5.92 Å². The number of fused-ring (bicyclic) bond motifs is 1. The highest BCUT2D eigenvalue weighted by molar-refractivity contribution is 5.31. The van der Waals surface area contributed by atoms with Crippen LogP contribution in [0.1, 0.15) is 54.3 Å². The average molecular weight is 307 g/mol. The van der Waals surface area contributed by atoms with Crippen molar-refractivity contribution in [2.75, 3.05) is 0 Å². The predicted octanol–water partition coefficient (Wildman–Crippen LogP) is 4.09. The number of hydrogen-bond acceptors (Lipinski definition) is 2. The summed E-state index contributed by atoms with van der Waals surface area (Å²) in [7, 11) is 0. The molecule has 22 heavy (non-hydrogen) atoms. The zero-order valence-electron chi connectivity index (χ0n) is 12.1. The number of aromatic nitrogens is 3. The van der Waals surface area contributed by atoms with Gasteiger partial charge in [0.05, 0.1) is 6.04 Å². The minimum absolute atomic E-state index is 0.0311. The van der Waals surface area contributed by atoms with Crippen molar-refractivity contribution in [3.8, 4) is 0 Å². The molecule has 1 saturated carbocycles. The Balaban J connectivity index is 1.76. The maximum Gasteiger partial charge on any atom is 0.311 e. The second-order valence-electron chi connectivity index (χ2n) is 6.21. The highest BCUT2D eigenvalue weighted by Crippen LogP contribution is 2.50. The van der Waals surface area contributed by atoms with Crippen LogP contribution in [-0.2, 0) is 5.92 Å². The van der Waals surface area contributed by atoms with Gasteiger partial charge in [-0.05, 0) is 30.9 Å². The lowest BCUT2D eigenvalue weighted by atomic mass is 9.99. The maximum absolute atomic E-state index is 14.2. The van der Waals surface area contributed by atoms with E-state index in [1.807, 2.05) is 31.2 Å². The molecule has 2 aromatic rings. The molecular weight excluding hydrogens is 291 g/mol. The van der Waals surface area contributed by atoms with Crippen LogP contribution in [0.15, 0.2) is 24.3 Å². The van der Waals surface area contributed by atoms with Crippen LogP contribution in [0.4, 0.5) is 13.2 Å². The Kier molecular flexibility index (Phi) is 2.86. The summed E-state index contributed by atoms with van der Waals surface area (Å²) in [4.78, 5) is 3.84. The number of benzene rings is 1. The Labute approximate surface area is 126 Å². The third kappa shape index (κ3) is 1.96. The van der Waals surface area contributed by atoms with Crippen LogP contribution in [0.2, 0.25) is 0 Å². The van der Waals surface area contributed by atoms with E-state index >= 15 is 0 Å². The normalized spacial score (nSPS) is 24.5. The van der Waals surface area contributed by atoms with Gasteiger partial charge in [-0.15, -0.1) is 5.10 Å². The fourth-order valence-electron chi connectivity index (χ4n) is 3.17. The summed E-state index contributed by atoms with van der Waals surface area (Å²) < 4.78 is 43.9. The Hall–Kier alpha value is -1.85. The molecule has 0 amide bonds. The molecule has 0 radical (unpaired) electrons. The Morgan fingerprint density at radius 1 is 1.23 bits per heavy atom. The number of alkyl halides is 3. The van der Waals surface area contributed by atoms with Gasteiger partial charge in [-0.2, -0.15) is 8.78 Å². The summed E-state index contributed by atoms with van der Waals surface area (Å²) in [6.07, 6.45) is -0.176. The van der Waals surface area contributed by atoms with Gasteiger partial charge in [0.15, 0.2) is 12.0 Å². The molecule has 1 aliphatic heterocycles. The molecule has 1 aromatic heterocycles. The molecule has 4 rings (SSSR count). The van der Waals surface area contributed by atoms with Crippen molar-refractivity contribution in [3.63, 3.8) is 0 Å². The molecule has 3 nitrogen and oxygen atoms in total. The van der Waals surface area contributed by atoms with Gasteiger partial charge in [-0.3, -0.25) is 0 Å². The number of aryl methyl sites for hydroxylation is 1. The monoisotopic (exact) mass is 307 g/mol. The van der Waals surface area contributed by atoms with Crippen molar-refractivity contribution in [1.82, 2.24) is 14.8 Å². The predicted molar refractivity (Wildman–Crippen MR) is 74.4 cm³/mol. The smallest absolute Gasteiger partial charge is 0.239 e. The van der Waals surface area contributed by atoms with Crippen LogP contribution in [0.3, 0.4) is 0 Å². The summed E-state index contributed by atoms with van der Waals surface area (Å²) in [5, 5.41) is 3.99. The summed E-state index contributed by atoms with van der Waals surface area (Å²) in [5.74, 6) is -4.23. The van der Waals surface area contributed by atoms with Crippen LogP contribution >= 0.6 is 0 Å². The van der Waals surface area contributed by atoms with Crippen molar-refractivity contribution in [2.45, 2.75) is 44.3 Å². The summed E-state index contributed by atoms with van der Waals surface area (Å²) in [6.45, 7) is 1.93. The molecule has 1 aromatic carbocycles. The minimum Gasteiger partial charge on any atom is -0.239 e. The zero-order chi connectivity index (χ0) is 15.5. The van der Waals surface area contributed by atoms with Crippen molar-refractivity contribution in [3.05, 3.63) is 47.0 Å². The van der Waals surface area contributed by atoms with Crippen molar-refractivity contribution < 1.29 is 13.2 Å². The van der Waals surface area contributed by atoms with Crippen LogP contribution in [-0.4, -0.2) is 14.8 Å². The van der Waals surface area contributed by atoms with Crippen molar-refractivity contribution >= 4 is 0 Å². The topological polar surface area (TPSA) is 30.7 Å². The van der Waals surface area contributed by atoms with Gasteiger partial charge in [0, 0.05) is 12.3 Å². The molecule has 1 aliphatic carbocycles. The van der Waals surface area contributed by atoms with E-state index in [1.54, 1.807) is 0 Å². The Bertz CT molecular complexity index is 721. The van der Waals surface area contributed by atoms with Gasteiger partial charge in [0.2, 0.25) is 5.82 Å². The second-order valence-corrected chi connectivity index (χ2v) is 6.21. The molecule has 0 saturated heterocycles. The molecule has 2 heterocycles. The number of rotatable bonds is 3. The van der Waals surface area contributed by atoms with Gasteiger partial charge in [-0.25, -0.2) is 14.1 Å². The van der Waals surface area contributed by atoms with E-state index in [0.29, 0.717) is 12.8 Å². The first-order chi connectivity index (χ1) is 10.5. The van der Waals surface area contributed by atoms with E-state index in [4.69, 9.17) is 0 Å². The van der Waals surface area contributed by atoms with Crippen LogP contribution in [0, 0.1) is 12.8 Å².